The molecule has 4 heteroatoms. The molecule has 1 atom stereocenters. The van der Waals surface area contributed by atoms with Crippen LogP contribution in [-0.2, 0) is 11.3 Å². The Balaban J connectivity index is 1.47. The summed E-state index contributed by atoms with van der Waals surface area (Å²) >= 11 is 0. The van der Waals surface area contributed by atoms with Crippen molar-refractivity contribution in [2.75, 3.05) is 5.32 Å². The predicted octanol–water partition coefficient (Wildman–Crippen LogP) is 3.80. The van der Waals surface area contributed by atoms with E-state index in [1.807, 2.05) is 24.5 Å². The monoisotopic (exact) mass is 317 g/mol. The normalized spacial score (nSPS) is 17.0. The predicted molar refractivity (Wildman–Crippen MR) is 95.6 cm³/mol. The van der Waals surface area contributed by atoms with Crippen molar-refractivity contribution < 1.29 is 4.79 Å². The van der Waals surface area contributed by atoms with Gasteiger partial charge in [0.05, 0.1) is 6.04 Å². The fourth-order valence-electron chi connectivity index (χ4n) is 3.18. The fourth-order valence-corrected chi connectivity index (χ4v) is 3.18. The fraction of sp³-hybridized carbons (Fsp3) is 0.200. The SMILES string of the molecule is O=C1CCC(c2cccc(NCc3ccc4ccncc4c3)c2)N1. The molecule has 1 unspecified atom stereocenters. The number of nitrogens with one attached hydrogen (secondary N) is 2. The van der Waals surface area contributed by atoms with E-state index in [4.69, 9.17) is 0 Å². The molecule has 1 aliphatic rings. The van der Waals surface area contributed by atoms with Crippen LogP contribution in [0.1, 0.15) is 30.0 Å². The minimum atomic E-state index is 0.142. The number of hydrogen-bond donors (Lipinski definition) is 2. The van der Waals surface area contributed by atoms with Crippen LogP contribution in [-0.4, -0.2) is 10.9 Å². The third-order valence-electron chi connectivity index (χ3n) is 4.49. The van der Waals surface area contributed by atoms with Gasteiger partial charge in [-0.1, -0.05) is 24.3 Å². The van der Waals surface area contributed by atoms with Crippen molar-refractivity contribution >= 4 is 22.4 Å². The van der Waals surface area contributed by atoms with Crippen LogP contribution in [0.4, 0.5) is 5.69 Å². The van der Waals surface area contributed by atoms with Gasteiger partial charge < -0.3 is 10.6 Å². The number of benzene rings is 2. The number of anilines is 1. The van der Waals surface area contributed by atoms with Gasteiger partial charge in [-0.3, -0.25) is 9.78 Å². The number of pyridine rings is 1. The first kappa shape index (κ1) is 14.7. The molecule has 0 aliphatic carbocycles. The average molecular weight is 317 g/mol. The highest BCUT2D eigenvalue weighted by atomic mass is 16.1. The summed E-state index contributed by atoms with van der Waals surface area (Å²) in [6.07, 6.45) is 5.20. The molecule has 2 heterocycles. The van der Waals surface area contributed by atoms with Gasteiger partial charge in [0.25, 0.3) is 0 Å². The average Bonchev–Trinajstić information content (AvgIpc) is 3.06. The number of hydrogen-bond acceptors (Lipinski definition) is 3. The maximum Gasteiger partial charge on any atom is 0.220 e. The van der Waals surface area contributed by atoms with Crippen LogP contribution in [0.5, 0.6) is 0 Å². The lowest BCUT2D eigenvalue weighted by molar-refractivity contribution is -0.119. The molecule has 1 saturated heterocycles. The number of nitrogens with zero attached hydrogens (tertiary/aromatic N) is 1. The Morgan fingerprint density at radius 1 is 1.12 bits per heavy atom. The van der Waals surface area contributed by atoms with Gasteiger partial charge in [0, 0.05) is 36.4 Å². The molecule has 120 valence electrons. The first-order valence-electron chi connectivity index (χ1n) is 8.24. The molecular formula is C20H19N3O. The van der Waals surface area contributed by atoms with Crippen molar-refractivity contribution in [3.63, 3.8) is 0 Å². The molecule has 24 heavy (non-hydrogen) atoms. The van der Waals surface area contributed by atoms with Crippen LogP contribution in [0.3, 0.4) is 0 Å². The largest absolute Gasteiger partial charge is 0.381 e. The van der Waals surface area contributed by atoms with Crippen LogP contribution in [0, 0.1) is 0 Å². The Bertz CT molecular complexity index is 891. The molecule has 0 radical (unpaired) electrons. The van der Waals surface area contributed by atoms with Crippen molar-refractivity contribution in [1.29, 1.82) is 0 Å². The number of fused-ring (bicyclic) bond motifs is 1. The molecule has 1 aliphatic heterocycles. The standard InChI is InChI=1S/C20H19N3O/c24-20-7-6-19(23-20)16-2-1-3-18(11-16)22-12-14-4-5-15-8-9-21-13-17(15)10-14/h1-5,8-11,13,19,22H,6-7,12H2,(H,23,24). The van der Waals surface area contributed by atoms with Gasteiger partial charge in [-0.25, -0.2) is 0 Å². The molecule has 1 fully saturated rings. The van der Waals surface area contributed by atoms with Crippen LogP contribution >= 0.6 is 0 Å². The zero-order valence-corrected chi connectivity index (χ0v) is 13.3. The van der Waals surface area contributed by atoms with E-state index in [0.717, 1.165) is 29.6 Å². The summed E-state index contributed by atoms with van der Waals surface area (Å²) in [5.74, 6) is 0.142. The quantitative estimate of drug-likeness (QED) is 0.769. The molecule has 0 bridgehead atoms. The number of carbonyl (C=O) groups is 1. The maximum atomic E-state index is 11.4. The maximum absolute atomic E-state index is 11.4. The van der Waals surface area contributed by atoms with Crippen LogP contribution in [0.2, 0.25) is 0 Å². The van der Waals surface area contributed by atoms with Gasteiger partial charge in [0.2, 0.25) is 5.91 Å². The zero-order valence-electron chi connectivity index (χ0n) is 13.3. The van der Waals surface area contributed by atoms with E-state index in [1.54, 1.807) is 0 Å². The van der Waals surface area contributed by atoms with Crippen LogP contribution < -0.4 is 10.6 Å². The molecule has 3 aromatic rings. The van der Waals surface area contributed by atoms with Gasteiger partial charge >= 0.3 is 0 Å². The summed E-state index contributed by atoms with van der Waals surface area (Å²) in [5.41, 5.74) is 3.45. The Morgan fingerprint density at radius 2 is 2.08 bits per heavy atom. The van der Waals surface area contributed by atoms with Crippen molar-refractivity contribution in [2.45, 2.75) is 25.4 Å². The summed E-state index contributed by atoms with van der Waals surface area (Å²) in [5, 5.41) is 8.84. The van der Waals surface area contributed by atoms with Crippen molar-refractivity contribution in [1.82, 2.24) is 10.3 Å². The van der Waals surface area contributed by atoms with Crippen LogP contribution in [0.15, 0.2) is 60.9 Å². The molecule has 1 amide bonds. The molecule has 0 spiro atoms. The third-order valence-corrected chi connectivity index (χ3v) is 4.49. The van der Waals surface area contributed by atoms with Gasteiger partial charge in [0.1, 0.15) is 0 Å². The van der Waals surface area contributed by atoms with E-state index in [-0.39, 0.29) is 11.9 Å². The summed E-state index contributed by atoms with van der Waals surface area (Å²) in [6, 6.07) is 16.9. The first-order valence-corrected chi connectivity index (χ1v) is 8.24. The molecule has 2 N–H and O–H groups in total. The molecule has 1 aromatic heterocycles. The van der Waals surface area contributed by atoms with Gasteiger partial charge in [-0.05, 0) is 47.2 Å². The first-order chi connectivity index (χ1) is 11.8. The van der Waals surface area contributed by atoms with Gasteiger partial charge in [-0.15, -0.1) is 0 Å². The smallest absolute Gasteiger partial charge is 0.220 e. The Kier molecular flexibility index (Phi) is 3.87. The lowest BCUT2D eigenvalue weighted by Gasteiger charge is -2.13. The van der Waals surface area contributed by atoms with Crippen molar-refractivity contribution in [3.8, 4) is 0 Å². The zero-order chi connectivity index (χ0) is 16.4. The Hall–Kier alpha value is -2.88. The highest BCUT2D eigenvalue weighted by Crippen LogP contribution is 2.26. The molecule has 0 saturated carbocycles. The Labute approximate surface area is 140 Å². The molecule has 4 nitrogen and oxygen atoms in total. The Morgan fingerprint density at radius 3 is 2.96 bits per heavy atom. The lowest BCUT2D eigenvalue weighted by Crippen LogP contribution is -2.18. The minimum Gasteiger partial charge on any atom is -0.381 e. The van der Waals surface area contributed by atoms with E-state index in [9.17, 15) is 4.79 Å². The topological polar surface area (TPSA) is 54.0 Å². The van der Waals surface area contributed by atoms with E-state index >= 15 is 0 Å². The van der Waals surface area contributed by atoms with E-state index in [1.165, 1.54) is 10.9 Å². The van der Waals surface area contributed by atoms with E-state index < -0.39 is 0 Å². The summed E-state index contributed by atoms with van der Waals surface area (Å²) in [6.45, 7) is 0.755. The van der Waals surface area contributed by atoms with Gasteiger partial charge in [0.15, 0.2) is 0 Å². The summed E-state index contributed by atoms with van der Waals surface area (Å²) < 4.78 is 0. The number of carbonyl (C=O) groups excluding carboxylic acids is 1. The highest BCUT2D eigenvalue weighted by molar-refractivity contribution is 5.82. The third kappa shape index (κ3) is 3.08. The summed E-state index contributed by atoms with van der Waals surface area (Å²) in [7, 11) is 0. The number of aromatic nitrogens is 1. The summed E-state index contributed by atoms with van der Waals surface area (Å²) in [4.78, 5) is 15.6. The second-order valence-corrected chi connectivity index (χ2v) is 6.19. The highest BCUT2D eigenvalue weighted by Gasteiger charge is 2.22. The number of rotatable bonds is 4. The minimum absolute atomic E-state index is 0.142. The second-order valence-electron chi connectivity index (χ2n) is 6.19. The molecule has 4 rings (SSSR count). The van der Waals surface area contributed by atoms with Crippen LogP contribution in [0.25, 0.3) is 10.8 Å². The molecule has 2 aromatic carbocycles. The molecular weight excluding hydrogens is 298 g/mol. The van der Waals surface area contributed by atoms with Gasteiger partial charge in [-0.2, -0.15) is 0 Å². The number of amides is 1. The second kappa shape index (κ2) is 6.32. The van der Waals surface area contributed by atoms with E-state index in [2.05, 4.69) is 52.0 Å². The van der Waals surface area contributed by atoms with E-state index in [0.29, 0.717) is 6.42 Å². The van der Waals surface area contributed by atoms with Crippen molar-refractivity contribution in [3.05, 3.63) is 72.1 Å². The lowest BCUT2D eigenvalue weighted by atomic mass is 10.0. The van der Waals surface area contributed by atoms with Crippen molar-refractivity contribution in [2.24, 2.45) is 0 Å².